The van der Waals surface area contributed by atoms with Crippen LogP contribution in [0.3, 0.4) is 0 Å². The lowest BCUT2D eigenvalue weighted by molar-refractivity contribution is -0.127. The Morgan fingerprint density at radius 3 is 2.77 bits per heavy atom. The molecule has 0 spiro atoms. The van der Waals surface area contributed by atoms with Crippen molar-refractivity contribution in [1.82, 2.24) is 5.32 Å². The van der Waals surface area contributed by atoms with Crippen molar-refractivity contribution < 1.29 is 9.53 Å². The Labute approximate surface area is 132 Å². The monoisotopic (exact) mass is 302 g/mol. The van der Waals surface area contributed by atoms with Crippen LogP contribution in [0.4, 0.5) is 0 Å². The molecule has 4 nitrogen and oxygen atoms in total. The highest BCUT2D eigenvalue weighted by Crippen LogP contribution is 2.47. The van der Waals surface area contributed by atoms with Crippen molar-refractivity contribution >= 4 is 5.91 Å². The summed E-state index contributed by atoms with van der Waals surface area (Å²) in [7, 11) is 0. The summed E-state index contributed by atoms with van der Waals surface area (Å²) >= 11 is 0. The lowest BCUT2D eigenvalue weighted by Gasteiger charge is -2.27. The average molecular weight is 302 g/mol. The molecule has 0 aliphatic heterocycles. The Balaban J connectivity index is 1.50. The summed E-state index contributed by atoms with van der Waals surface area (Å²) in [5.41, 5.74) is 7.33. The molecule has 3 N–H and O–H groups in total. The molecule has 2 saturated carbocycles. The van der Waals surface area contributed by atoms with Gasteiger partial charge in [0.15, 0.2) is 0 Å². The zero-order valence-electron chi connectivity index (χ0n) is 13.4. The van der Waals surface area contributed by atoms with E-state index < -0.39 is 0 Å². The van der Waals surface area contributed by atoms with E-state index in [0.29, 0.717) is 18.4 Å². The zero-order valence-corrected chi connectivity index (χ0v) is 13.4. The number of hydrogen-bond acceptors (Lipinski definition) is 3. The van der Waals surface area contributed by atoms with Crippen molar-refractivity contribution in [2.45, 2.75) is 45.3 Å². The van der Waals surface area contributed by atoms with Crippen molar-refractivity contribution in [3.8, 4) is 5.75 Å². The van der Waals surface area contributed by atoms with E-state index in [1.54, 1.807) is 0 Å². The first kappa shape index (κ1) is 15.3. The predicted octanol–water partition coefficient (Wildman–Crippen LogP) is 2.25. The van der Waals surface area contributed by atoms with Gasteiger partial charge in [-0.05, 0) is 56.6 Å². The fourth-order valence-electron chi connectivity index (χ4n) is 4.03. The topological polar surface area (TPSA) is 64.3 Å². The molecule has 2 aliphatic carbocycles. The molecule has 5 atom stereocenters. The Hall–Kier alpha value is -1.55. The highest BCUT2D eigenvalue weighted by atomic mass is 16.5. The number of benzene rings is 1. The minimum atomic E-state index is -0.0557. The van der Waals surface area contributed by atoms with Crippen molar-refractivity contribution in [2.75, 3.05) is 6.54 Å². The first-order valence-electron chi connectivity index (χ1n) is 8.32. The van der Waals surface area contributed by atoms with Crippen LogP contribution in [0.1, 0.15) is 31.7 Å². The molecule has 2 aliphatic rings. The second-order valence-electron chi connectivity index (χ2n) is 6.88. The van der Waals surface area contributed by atoms with E-state index in [9.17, 15) is 4.79 Å². The van der Waals surface area contributed by atoms with E-state index in [-0.39, 0.29) is 24.0 Å². The van der Waals surface area contributed by atoms with Crippen molar-refractivity contribution in [3.05, 3.63) is 29.8 Å². The molecule has 120 valence electrons. The standard InChI is InChI=1S/C18H26N2O2/c1-11-5-3-4-6-15(11)22-12(2)10-20-18(21)16-13-7-8-14(9-13)17(16)19/h3-6,12-14,16-17H,7-10,19H2,1-2H3,(H,20,21). The summed E-state index contributed by atoms with van der Waals surface area (Å²) in [5.74, 6) is 2.04. The van der Waals surface area contributed by atoms with Crippen LogP contribution in [0, 0.1) is 24.7 Å². The normalized spacial score (nSPS) is 31.0. The average Bonchev–Trinajstić information content (AvgIpc) is 3.08. The Morgan fingerprint density at radius 2 is 2.09 bits per heavy atom. The van der Waals surface area contributed by atoms with Gasteiger partial charge in [0, 0.05) is 6.04 Å². The van der Waals surface area contributed by atoms with Crippen LogP contribution in [0.5, 0.6) is 5.75 Å². The van der Waals surface area contributed by atoms with Crippen molar-refractivity contribution in [2.24, 2.45) is 23.5 Å². The molecule has 3 rings (SSSR count). The molecular weight excluding hydrogens is 276 g/mol. The van der Waals surface area contributed by atoms with Gasteiger partial charge in [-0.3, -0.25) is 4.79 Å². The van der Waals surface area contributed by atoms with Gasteiger partial charge in [-0.1, -0.05) is 18.2 Å². The van der Waals surface area contributed by atoms with Gasteiger partial charge in [0.1, 0.15) is 11.9 Å². The first-order chi connectivity index (χ1) is 10.6. The van der Waals surface area contributed by atoms with E-state index >= 15 is 0 Å². The minimum Gasteiger partial charge on any atom is -0.489 e. The second-order valence-corrected chi connectivity index (χ2v) is 6.88. The van der Waals surface area contributed by atoms with E-state index in [1.807, 2.05) is 38.1 Å². The molecule has 0 aromatic heterocycles. The minimum absolute atomic E-state index is 0.00408. The highest BCUT2D eigenvalue weighted by Gasteiger charge is 2.48. The van der Waals surface area contributed by atoms with E-state index in [2.05, 4.69) is 5.32 Å². The third-order valence-electron chi connectivity index (χ3n) is 5.27. The molecule has 4 heteroatoms. The van der Waals surface area contributed by atoms with Crippen LogP contribution in [-0.2, 0) is 4.79 Å². The number of amides is 1. The Bertz CT molecular complexity index is 544. The smallest absolute Gasteiger partial charge is 0.225 e. The van der Waals surface area contributed by atoms with Crippen molar-refractivity contribution in [1.29, 1.82) is 0 Å². The van der Waals surface area contributed by atoms with Crippen LogP contribution in [-0.4, -0.2) is 24.6 Å². The van der Waals surface area contributed by atoms with Gasteiger partial charge < -0.3 is 15.8 Å². The van der Waals surface area contributed by atoms with Crippen LogP contribution in [0.15, 0.2) is 24.3 Å². The van der Waals surface area contributed by atoms with E-state index in [1.165, 1.54) is 6.42 Å². The van der Waals surface area contributed by atoms with Crippen LogP contribution in [0.25, 0.3) is 0 Å². The number of carbonyl (C=O) groups excluding carboxylic acids is 1. The predicted molar refractivity (Wildman–Crippen MR) is 86.6 cm³/mol. The highest BCUT2D eigenvalue weighted by molar-refractivity contribution is 5.80. The van der Waals surface area contributed by atoms with Gasteiger partial charge in [0.2, 0.25) is 5.91 Å². The number of aryl methyl sites for hydroxylation is 1. The first-order valence-corrected chi connectivity index (χ1v) is 8.32. The SMILES string of the molecule is Cc1ccccc1OC(C)CNC(=O)C1C2CCC(C2)C1N. The summed E-state index contributed by atoms with van der Waals surface area (Å²) in [6.45, 7) is 4.52. The zero-order chi connectivity index (χ0) is 15.7. The number of rotatable bonds is 5. The molecule has 0 saturated heterocycles. The molecule has 1 amide bonds. The number of ether oxygens (including phenoxy) is 1. The summed E-state index contributed by atoms with van der Waals surface area (Å²) < 4.78 is 5.90. The fourth-order valence-corrected chi connectivity index (χ4v) is 4.03. The van der Waals surface area contributed by atoms with Crippen LogP contribution >= 0.6 is 0 Å². The third kappa shape index (κ3) is 2.98. The molecule has 2 bridgehead atoms. The molecule has 2 fully saturated rings. The second kappa shape index (κ2) is 6.29. The van der Waals surface area contributed by atoms with Gasteiger partial charge in [-0.2, -0.15) is 0 Å². The Morgan fingerprint density at radius 1 is 1.36 bits per heavy atom. The molecular formula is C18H26N2O2. The van der Waals surface area contributed by atoms with Gasteiger partial charge in [-0.15, -0.1) is 0 Å². The fraction of sp³-hybridized carbons (Fsp3) is 0.611. The number of hydrogen-bond donors (Lipinski definition) is 2. The summed E-state index contributed by atoms with van der Waals surface area (Å²) in [5, 5.41) is 3.04. The maximum absolute atomic E-state index is 12.4. The van der Waals surface area contributed by atoms with Gasteiger partial charge in [0.25, 0.3) is 0 Å². The Kier molecular flexibility index (Phi) is 4.39. The number of nitrogens with two attached hydrogens (primary N) is 1. The maximum Gasteiger partial charge on any atom is 0.225 e. The van der Waals surface area contributed by atoms with Gasteiger partial charge in [-0.25, -0.2) is 0 Å². The summed E-state index contributed by atoms with van der Waals surface area (Å²) in [6.07, 6.45) is 3.43. The molecule has 0 radical (unpaired) electrons. The maximum atomic E-state index is 12.4. The summed E-state index contributed by atoms with van der Waals surface area (Å²) in [6, 6.07) is 7.98. The number of carbonyl (C=O) groups is 1. The van der Waals surface area contributed by atoms with Gasteiger partial charge in [0.05, 0.1) is 12.5 Å². The van der Waals surface area contributed by atoms with E-state index in [0.717, 1.165) is 24.2 Å². The summed E-state index contributed by atoms with van der Waals surface area (Å²) in [4.78, 5) is 12.4. The number of fused-ring (bicyclic) bond motifs is 2. The van der Waals surface area contributed by atoms with Crippen LogP contribution < -0.4 is 15.8 Å². The largest absolute Gasteiger partial charge is 0.489 e. The van der Waals surface area contributed by atoms with Gasteiger partial charge >= 0.3 is 0 Å². The molecule has 5 unspecified atom stereocenters. The lowest BCUT2D eigenvalue weighted by atomic mass is 9.84. The quantitative estimate of drug-likeness (QED) is 0.877. The van der Waals surface area contributed by atoms with E-state index in [4.69, 9.17) is 10.5 Å². The van der Waals surface area contributed by atoms with Crippen LogP contribution in [0.2, 0.25) is 0 Å². The molecule has 22 heavy (non-hydrogen) atoms. The van der Waals surface area contributed by atoms with Crippen molar-refractivity contribution in [3.63, 3.8) is 0 Å². The molecule has 1 aromatic carbocycles. The molecule has 0 heterocycles. The number of para-hydroxylation sites is 1. The third-order valence-corrected chi connectivity index (χ3v) is 5.27. The molecule has 1 aromatic rings. The number of nitrogens with one attached hydrogen (secondary N) is 1. The lowest BCUT2D eigenvalue weighted by Crippen LogP contribution is -2.47.